The van der Waals surface area contributed by atoms with Crippen LogP contribution in [0.15, 0.2) is 6.33 Å². The second-order valence-corrected chi connectivity index (χ2v) is 5.95. The summed E-state index contributed by atoms with van der Waals surface area (Å²) in [6.45, 7) is 4.39. The fraction of sp³-hybridized carbons (Fsp3) is 0.615. The second-order valence-electron chi connectivity index (χ2n) is 5.95. The lowest BCUT2D eigenvalue weighted by Crippen LogP contribution is -2.49. The Morgan fingerprint density at radius 2 is 2.00 bits per heavy atom. The van der Waals surface area contributed by atoms with Gasteiger partial charge in [0.1, 0.15) is 18.0 Å². The zero-order valence-corrected chi connectivity index (χ0v) is 13.1. The Kier molecular flexibility index (Phi) is 4.25. The van der Waals surface area contributed by atoms with Crippen LogP contribution in [-0.4, -0.2) is 46.6 Å². The first-order chi connectivity index (χ1) is 9.46. The summed E-state index contributed by atoms with van der Waals surface area (Å²) in [6, 6.07) is -0.129. The molecule has 0 spiro atoms. The average molecular weight is 313 g/mol. The minimum absolute atomic E-state index is 0. The van der Waals surface area contributed by atoms with E-state index in [0.29, 0.717) is 12.4 Å². The summed E-state index contributed by atoms with van der Waals surface area (Å²) >= 11 is 0. The molecule has 3 heterocycles. The molecule has 0 unspecified atom stereocenters. The normalized spacial score (nSPS) is 20.4. The van der Waals surface area contributed by atoms with Crippen LogP contribution in [0, 0.1) is 0 Å². The number of fused-ring (bicyclic) bond motifs is 1. The molecule has 0 aromatic carbocycles. The molecule has 3 rings (SSSR count). The van der Waals surface area contributed by atoms with E-state index in [1.165, 1.54) is 6.33 Å². The van der Waals surface area contributed by atoms with E-state index in [0.717, 1.165) is 37.3 Å². The highest BCUT2D eigenvalue weighted by atomic mass is 35.5. The lowest BCUT2D eigenvalue weighted by atomic mass is 9.91. The van der Waals surface area contributed by atoms with Gasteiger partial charge in [-0.05, 0) is 19.8 Å². The van der Waals surface area contributed by atoms with E-state index in [-0.39, 0.29) is 24.0 Å². The van der Waals surface area contributed by atoms with E-state index in [1.807, 2.05) is 0 Å². The van der Waals surface area contributed by atoms with Crippen LogP contribution in [-0.2, 0) is 6.54 Å². The van der Waals surface area contributed by atoms with Crippen molar-refractivity contribution in [1.29, 1.82) is 0 Å². The molecule has 1 fully saturated rings. The molecule has 21 heavy (non-hydrogen) atoms. The van der Waals surface area contributed by atoms with Gasteiger partial charge in [0.05, 0.1) is 12.1 Å². The average Bonchev–Trinajstić information content (AvgIpc) is 2.40. The lowest BCUT2D eigenvalue weighted by Gasteiger charge is -2.39. The standard InChI is InChI=1S/C13H20N6O.ClH/c1-13(14)3-5-19(6-4-13)11-9-7-18(2)12(20)17-10(9)15-8-16-11;/h8H,3-7,14H2,1-2H3,(H,15,16,17,20);1H. The van der Waals surface area contributed by atoms with Gasteiger partial charge in [-0.3, -0.25) is 5.32 Å². The second kappa shape index (κ2) is 5.65. The number of hydrogen-bond acceptors (Lipinski definition) is 5. The van der Waals surface area contributed by atoms with Crippen molar-refractivity contribution in [2.75, 3.05) is 30.4 Å². The maximum Gasteiger partial charge on any atom is 0.323 e. The molecule has 8 heteroatoms. The fourth-order valence-corrected chi connectivity index (χ4v) is 2.66. The third-order valence-electron chi connectivity index (χ3n) is 4.10. The number of nitrogens with two attached hydrogens (primary N) is 1. The van der Waals surface area contributed by atoms with Crippen LogP contribution >= 0.6 is 12.4 Å². The van der Waals surface area contributed by atoms with Crippen molar-refractivity contribution in [2.24, 2.45) is 5.73 Å². The molecular formula is C13H21ClN6O. The van der Waals surface area contributed by atoms with E-state index in [1.54, 1.807) is 11.9 Å². The molecule has 0 radical (unpaired) electrons. The summed E-state index contributed by atoms with van der Waals surface area (Å²) < 4.78 is 0. The number of urea groups is 1. The number of nitrogens with zero attached hydrogens (tertiary/aromatic N) is 4. The Labute approximate surface area is 130 Å². The predicted molar refractivity (Wildman–Crippen MR) is 83.8 cm³/mol. The van der Waals surface area contributed by atoms with E-state index in [9.17, 15) is 4.79 Å². The Morgan fingerprint density at radius 1 is 1.33 bits per heavy atom. The number of amides is 2. The fourth-order valence-electron chi connectivity index (χ4n) is 2.66. The summed E-state index contributed by atoms with van der Waals surface area (Å²) in [5.74, 6) is 1.54. The molecular weight excluding hydrogens is 292 g/mol. The molecule has 1 saturated heterocycles. The molecule has 2 aliphatic heterocycles. The Morgan fingerprint density at radius 3 is 2.67 bits per heavy atom. The van der Waals surface area contributed by atoms with Crippen LogP contribution in [0.2, 0.25) is 0 Å². The first-order valence-electron chi connectivity index (χ1n) is 6.86. The molecule has 116 valence electrons. The zero-order valence-electron chi connectivity index (χ0n) is 12.3. The maximum absolute atomic E-state index is 11.7. The molecule has 1 aromatic heterocycles. The van der Waals surface area contributed by atoms with Gasteiger partial charge in [0.25, 0.3) is 0 Å². The van der Waals surface area contributed by atoms with E-state index < -0.39 is 0 Å². The minimum Gasteiger partial charge on any atom is -0.356 e. The number of carbonyl (C=O) groups is 1. The summed E-state index contributed by atoms with van der Waals surface area (Å²) in [5.41, 5.74) is 7.06. The van der Waals surface area contributed by atoms with Crippen LogP contribution < -0.4 is 16.0 Å². The van der Waals surface area contributed by atoms with Gasteiger partial charge in [-0.15, -0.1) is 12.4 Å². The van der Waals surface area contributed by atoms with Gasteiger partial charge in [0.15, 0.2) is 0 Å². The largest absolute Gasteiger partial charge is 0.356 e. The summed E-state index contributed by atoms with van der Waals surface area (Å²) in [4.78, 5) is 24.1. The van der Waals surface area contributed by atoms with Crippen LogP contribution in [0.5, 0.6) is 0 Å². The van der Waals surface area contributed by atoms with Crippen molar-refractivity contribution < 1.29 is 4.79 Å². The highest BCUT2D eigenvalue weighted by molar-refractivity contribution is 5.91. The molecule has 1 aromatic rings. The van der Waals surface area contributed by atoms with Crippen LogP contribution in [0.4, 0.5) is 16.4 Å². The summed E-state index contributed by atoms with van der Waals surface area (Å²) in [5, 5.41) is 2.79. The van der Waals surface area contributed by atoms with Crippen molar-refractivity contribution in [3.05, 3.63) is 11.9 Å². The molecule has 2 aliphatic rings. The Hall–Kier alpha value is -1.60. The number of rotatable bonds is 1. The number of aromatic nitrogens is 2. The van der Waals surface area contributed by atoms with E-state index in [4.69, 9.17) is 5.73 Å². The quantitative estimate of drug-likeness (QED) is 0.813. The minimum atomic E-state index is -0.129. The number of piperidine rings is 1. The number of nitrogens with one attached hydrogen (secondary N) is 1. The molecule has 2 amide bonds. The first kappa shape index (κ1) is 15.8. The maximum atomic E-state index is 11.7. The molecule has 7 nitrogen and oxygen atoms in total. The Balaban J connectivity index is 0.00000161. The Bertz CT molecular complexity index is 539. The van der Waals surface area contributed by atoms with Gasteiger partial charge in [-0.2, -0.15) is 0 Å². The number of halogens is 1. The van der Waals surface area contributed by atoms with Gasteiger partial charge in [-0.1, -0.05) is 0 Å². The monoisotopic (exact) mass is 312 g/mol. The molecule has 3 N–H and O–H groups in total. The third kappa shape index (κ3) is 3.03. The molecule has 0 aliphatic carbocycles. The number of carbonyl (C=O) groups excluding carboxylic acids is 1. The summed E-state index contributed by atoms with van der Waals surface area (Å²) in [6.07, 6.45) is 3.39. The first-order valence-corrected chi connectivity index (χ1v) is 6.86. The molecule has 0 saturated carbocycles. The smallest absolute Gasteiger partial charge is 0.323 e. The highest BCUT2D eigenvalue weighted by Crippen LogP contribution is 2.31. The topological polar surface area (TPSA) is 87.4 Å². The van der Waals surface area contributed by atoms with Crippen LogP contribution in [0.3, 0.4) is 0 Å². The van der Waals surface area contributed by atoms with Crippen LogP contribution in [0.1, 0.15) is 25.3 Å². The van der Waals surface area contributed by atoms with Gasteiger partial charge in [-0.25, -0.2) is 14.8 Å². The highest BCUT2D eigenvalue weighted by Gasteiger charge is 2.30. The van der Waals surface area contributed by atoms with E-state index in [2.05, 4.69) is 27.1 Å². The number of hydrogen-bond donors (Lipinski definition) is 2. The predicted octanol–water partition coefficient (Wildman–Crippen LogP) is 1.19. The number of anilines is 2. The lowest BCUT2D eigenvalue weighted by molar-refractivity contribution is 0.218. The molecule has 0 bridgehead atoms. The van der Waals surface area contributed by atoms with Gasteiger partial charge in [0.2, 0.25) is 0 Å². The van der Waals surface area contributed by atoms with Crippen molar-refractivity contribution in [3.8, 4) is 0 Å². The van der Waals surface area contributed by atoms with Gasteiger partial charge >= 0.3 is 6.03 Å². The summed E-state index contributed by atoms with van der Waals surface area (Å²) in [7, 11) is 1.77. The SMILES string of the molecule is CN1Cc2c(ncnc2N2CCC(C)(N)CC2)NC1=O.Cl. The zero-order chi connectivity index (χ0) is 14.3. The van der Waals surface area contributed by atoms with Crippen molar-refractivity contribution >= 4 is 30.1 Å². The molecule has 0 atom stereocenters. The van der Waals surface area contributed by atoms with Crippen molar-refractivity contribution in [2.45, 2.75) is 31.8 Å². The van der Waals surface area contributed by atoms with Gasteiger partial charge in [0, 0.05) is 25.7 Å². The van der Waals surface area contributed by atoms with Crippen molar-refractivity contribution in [1.82, 2.24) is 14.9 Å². The van der Waals surface area contributed by atoms with E-state index >= 15 is 0 Å². The van der Waals surface area contributed by atoms with Gasteiger partial charge < -0.3 is 15.5 Å². The van der Waals surface area contributed by atoms with Crippen molar-refractivity contribution in [3.63, 3.8) is 0 Å². The third-order valence-corrected chi connectivity index (χ3v) is 4.10. The van der Waals surface area contributed by atoms with Crippen LogP contribution in [0.25, 0.3) is 0 Å².